The van der Waals surface area contributed by atoms with E-state index in [1.165, 1.54) is 12.1 Å². The first-order chi connectivity index (χ1) is 4.70. The molecule has 0 saturated carbocycles. The van der Waals surface area contributed by atoms with Gasteiger partial charge in [-0.25, -0.2) is 4.79 Å². The number of hydrogen-bond donors (Lipinski definition) is 1. The number of aromatic carboxylic acids is 1. The molecule has 1 aromatic rings. The third kappa shape index (κ3) is 3.09. The topological polar surface area (TPSA) is 37.3 Å². The minimum atomic E-state index is -0.956. The average Bonchev–Trinajstić information content (AvgIpc) is 1.88. The summed E-state index contributed by atoms with van der Waals surface area (Å²) in [5.74, 6) is -0.956. The second-order valence-corrected chi connectivity index (χ2v) is 2.25. The minimum absolute atomic E-state index is 0. The summed E-state index contributed by atoms with van der Waals surface area (Å²) in [5, 5.41) is 8.89. The highest BCUT2D eigenvalue weighted by molar-refractivity contribution is 6.30. The summed E-state index contributed by atoms with van der Waals surface area (Å²) in [6.45, 7) is 0. The van der Waals surface area contributed by atoms with Crippen molar-refractivity contribution >= 4 is 40.6 Å². The van der Waals surface area contributed by atoms with Gasteiger partial charge >= 0.3 is 29.0 Å². The van der Waals surface area contributed by atoms with Gasteiger partial charge in [0.2, 0.25) is 0 Å². The summed E-state index contributed by atoms with van der Waals surface area (Å²) < 4.78 is 0. The maximum absolute atomic E-state index is 10.3. The fourth-order valence-corrected chi connectivity index (χ4v) is 0.812. The quantitative estimate of drug-likeness (QED) is 0.662. The molecular formula is C7H7ClMgO2. The Balaban J connectivity index is 0.000001000. The Kier molecular flexibility index (Phi) is 4.48. The molecule has 0 aliphatic rings. The van der Waals surface area contributed by atoms with E-state index in [9.17, 15) is 4.79 Å². The van der Waals surface area contributed by atoms with Gasteiger partial charge in [-0.05, 0) is 18.2 Å². The molecule has 0 spiro atoms. The van der Waals surface area contributed by atoms with Crippen molar-refractivity contribution in [1.82, 2.24) is 0 Å². The Labute approximate surface area is 85.3 Å². The largest absolute Gasteiger partial charge is 0.478 e. The minimum Gasteiger partial charge on any atom is -0.478 e. The highest BCUT2D eigenvalue weighted by Crippen LogP contribution is 2.09. The molecule has 1 aromatic carbocycles. The zero-order valence-corrected chi connectivity index (χ0v) is 5.80. The van der Waals surface area contributed by atoms with Crippen LogP contribution in [0.5, 0.6) is 0 Å². The molecule has 1 rings (SSSR count). The Hall–Kier alpha value is -0.254. The highest BCUT2D eigenvalue weighted by atomic mass is 35.5. The first-order valence-corrected chi connectivity index (χ1v) is 3.07. The molecule has 0 atom stereocenters. The first-order valence-electron chi connectivity index (χ1n) is 2.69. The predicted molar refractivity (Wildman–Crippen MR) is 47.0 cm³/mol. The van der Waals surface area contributed by atoms with Crippen LogP contribution in [0.2, 0.25) is 5.02 Å². The van der Waals surface area contributed by atoms with E-state index in [1.54, 1.807) is 12.1 Å². The van der Waals surface area contributed by atoms with Crippen molar-refractivity contribution in [2.24, 2.45) is 0 Å². The van der Waals surface area contributed by atoms with Crippen LogP contribution < -0.4 is 0 Å². The molecule has 0 unspecified atom stereocenters. The predicted octanol–water partition coefficient (Wildman–Crippen LogP) is 1.12. The molecule has 0 saturated heterocycles. The number of hydrogen-bond acceptors (Lipinski definition) is 1. The lowest BCUT2D eigenvalue weighted by Gasteiger charge is -1.92. The molecule has 0 amide bonds. The van der Waals surface area contributed by atoms with Crippen LogP contribution in [0.4, 0.5) is 0 Å². The van der Waals surface area contributed by atoms with E-state index in [4.69, 9.17) is 16.7 Å². The monoisotopic (exact) mass is 182 g/mol. The standard InChI is InChI=1S/C7H5ClO2.Mg.2H/c8-6-3-1-2-5(4-6)7(9)10;;;/h1-4H,(H,9,10);;;. The fourth-order valence-electron chi connectivity index (χ4n) is 0.622. The van der Waals surface area contributed by atoms with Crippen LogP contribution in [0.3, 0.4) is 0 Å². The molecule has 0 aliphatic carbocycles. The number of carbonyl (C=O) groups is 1. The van der Waals surface area contributed by atoms with E-state index in [2.05, 4.69) is 0 Å². The summed E-state index contributed by atoms with van der Waals surface area (Å²) in [6, 6.07) is 6.14. The van der Waals surface area contributed by atoms with E-state index in [0.717, 1.165) is 0 Å². The van der Waals surface area contributed by atoms with Crippen molar-refractivity contribution in [2.75, 3.05) is 0 Å². The van der Waals surface area contributed by atoms with Crippen molar-refractivity contribution in [3.8, 4) is 0 Å². The van der Waals surface area contributed by atoms with Gasteiger partial charge < -0.3 is 5.11 Å². The Morgan fingerprint density at radius 2 is 2.09 bits per heavy atom. The average molecular weight is 183 g/mol. The number of carboxylic acids is 1. The van der Waals surface area contributed by atoms with Crippen LogP contribution in [0, 0.1) is 0 Å². The molecule has 0 heterocycles. The van der Waals surface area contributed by atoms with Gasteiger partial charge in [0.25, 0.3) is 0 Å². The summed E-state index contributed by atoms with van der Waals surface area (Å²) in [6.07, 6.45) is 0. The molecule has 0 fully saturated rings. The molecule has 0 bridgehead atoms. The second kappa shape index (κ2) is 4.59. The Morgan fingerprint density at radius 1 is 1.45 bits per heavy atom. The fraction of sp³-hybridized carbons (Fsp3) is 0. The Bertz CT molecular complexity index is 262. The van der Waals surface area contributed by atoms with E-state index >= 15 is 0 Å². The van der Waals surface area contributed by atoms with E-state index in [0.29, 0.717) is 5.02 Å². The smallest absolute Gasteiger partial charge is 0.335 e. The van der Waals surface area contributed by atoms with Crippen molar-refractivity contribution in [3.63, 3.8) is 0 Å². The molecule has 2 nitrogen and oxygen atoms in total. The van der Waals surface area contributed by atoms with E-state index in [1.807, 2.05) is 0 Å². The molecule has 4 heteroatoms. The molecular weight excluding hydrogens is 176 g/mol. The summed E-state index contributed by atoms with van der Waals surface area (Å²) in [7, 11) is 0. The third-order valence-electron chi connectivity index (χ3n) is 1.07. The maximum Gasteiger partial charge on any atom is 0.335 e. The van der Waals surface area contributed by atoms with Crippen LogP contribution in [-0.2, 0) is 0 Å². The molecule has 56 valence electrons. The lowest BCUT2D eigenvalue weighted by Crippen LogP contribution is -1.94. The van der Waals surface area contributed by atoms with Gasteiger partial charge in [-0.2, -0.15) is 0 Å². The summed E-state index contributed by atoms with van der Waals surface area (Å²) in [5.41, 5.74) is 0.215. The molecule has 0 radical (unpaired) electrons. The van der Waals surface area contributed by atoms with Gasteiger partial charge in [0.15, 0.2) is 0 Å². The van der Waals surface area contributed by atoms with Gasteiger partial charge in [0.05, 0.1) is 5.56 Å². The van der Waals surface area contributed by atoms with Crippen LogP contribution in [0.25, 0.3) is 0 Å². The van der Waals surface area contributed by atoms with Crippen molar-refractivity contribution in [2.45, 2.75) is 0 Å². The number of halogens is 1. The van der Waals surface area contributed by atoms with E-state index < -0.39 is 5.97 Å². The highest BCUT2D eigenvalue weighted by Gasteiger charge is 2.00. The van der Waals surface area contributed by atoms with Crippen LogP contribution in [0.1, 0.15) is 10.4 Å². The molecule has 0 aromatic heterocycles. The lowest BCUT2D eigenvalue weighted by molar-refractivity contribution is 0.0697. The molecule has 1 N–H and O–H groups in total. The third-order valence-corrected chi connectivity index (χ3v) is 1.31. The van der Waals surface area contributed by atoms with Crippen molar-refractivity contribution < 1.29 is 9.90 Å². The maximum atomic E-state index is 10.3. The van der Waals surface area contributed by atoms with Crippen LogP contribution in [-0.4, -0.2) is 34.1 Å². The van der Waals surface area contributed by atoms with Crippen LogP contribution in [0.15, 0.2) is 24.3 Å². The van der Waals surface area contributed by atoms with Gasteiger partial charge in [-0.3, -0.25) is 0 Å². The SMILES string of the molecule is O=C(O)c1cccc(Cl)c1.[MgH2]. The summed E-state index contributed by atoms with van der Waals surface area (Å²) in [4.78, 5) is 10.3. The second-order valence-electron chi connectivity index (χ2n) is 1.82. The zero-order valence-electron chi connectivity index (χ0n) is 5.04. The van der Waals surface area contributed by atoms with Crippen molar-refractivity contribution in [1.29, 1.82) is 0 Å². The normalized spacial score (nSPS) is 8.45. The van der Waals surface area contributed by atoms with Gasteiger partial charge in [-0.15, -0.1) is 0 Å². The number of benzene rings is 1. The van der Waals surface area contributed by atoms with Gasteiger partial charge in [0, 0.05) is 5.02 Å². The summed E-state index contributed by atoms with van der Waals surface area (Å²) >= 11 is 5.53. The van der Waals surface area contributed by atoms with Crippen molar-refractivity contribution in [3.05, 3.63) is 34.9 Å². The van der Waals surface area contributed by atoms with Crippen LogP contribution >= 0.6 is 11.6 Å². The van der Waals surface area contributed by atoms with E-state index in [-0.39, 0.29) is 28.6 Å². The van der Waals surface area contributed by atoms with Gasteiger partial charge in [-0.1, -0.05) is 17.7 Å². The zero-order chi connectivity index (χ0) is 7.56. The Morgan fingerprint density at radius 3 is 2.45 bits per heavy atom. The first kappa shape index (κ1) is 10.7. The molecule has 0 aliphatic heterocycles. The van der Waals surface area contributed by atoms with Gasteiger partial charge in [0.1, 0.15) is 0 Å². The lowest BCUT2D eigenvalue weighted by atomic mass is 10.2. The molecule has 11 heavy (non-hydrogen) atoms. The number of carboxylic acid groups (broad SMARTS) is 1. The number of rotatable bonds is 1.